The van der Waals surface area contributed by atoms with Crippen LogP contribution in [0.15, 0.2) is 24.3 Å². The van der Waals surface area contributed by atoms with Crippen LogP contribution in [0.25, 0.3) is 11.0 Å². The molecule has 28 heavy (non-hydrogen) atoms. The number of aromatic nitrogens is 2. The minimum absolute atomic E-state index is 0.230. The topological polar surface area (TPSA) is 84.7 Å². The summed E-state index contributed by atoms with van der Waals surface area (Å²) in [6.45, 7) is 3.94. The van der Waals surface area contributed by atoms with Crippen molar-refractivity contribution in [2.45, 2.75) is 38.2 Å². The number of carbonyl (C=O) groups excluding carboxylic acids is 3. The van der Waals surface area contributed by atoms with Crippen molar-refractivity contribution in [3.8, 4) is 0 Å². The van der Waals surface area contributed by atoms with Crippen LogP contribution in [0.4, 0.5) is 4.79 Å². The van der Waals surface area contributed by atoms with E-state index in [4.69, 9.17) is 9.72 Å². The van der Waals surface area contributed by atoms with Gasteiger partial charge < -0.3 is 14.2 Å². The highest BCUT2D eigenvalue weighted by Gasteiger charge is 2.48. The van der Waals surface area contributed by atoms with Crippen molar-refractivity contribution in [3.63, 3.8) is 0 Å². The van der Waals surface area contributed by atoms with E-state index in [0.717, 1.165) is 34.6 Å². The number of para-hydroxylation sites is 2. The number of aryl methyl sites for hydroxylation is 1. The predicted molar refractivity (Wildman–Crippen MR) is 102 cm³/mol. The van der Waals surface area contributed by atoms with Crippen LogP contribution in [-0.2, 0) is 21.4 Å². The van der Waals surface area contributed by atoms with E-state index in [9.17, 15) is 14.4 Å². The lowest BCUT2D eigenvalue weighted by molar-refractivity contribution is -0.140. The van der Waals surface area contributed by atoms with Crippen molar-refractivity contribution < 1.29 is 19.1 Å². The first-order chi connectivity index (χ1) is 13.3. The molecule has 8 nitrogen and oxygen atoms in total. The van der Waals surface area contributed by atoms with E-state index >= 15 is 0 Å². The highest BCUT2D eigenvalue weighted by molar-refractivity contribution is 6.04. The second-order valence-electron chi connectivity index (χ2n) is 7.94. The van der Waals surface area contributed by atoms with Gasteiger partial charge in [0.05, 0.1) is 11.0 Å². The summed E-state index contributed by atoms with van der Waals surface area (Å²) < 4.78 is 7.16. The van der Waals surface area contributed by atoms with Crippen LogP contribution in [0, 0.1) is 0 Å². The summed E-state index contributed by atoms with van der Waals surface area (Å²) in [6, 6.07) is 8.04. The van der Waals surface area contributed by atoms with Gasteiger partial charge in [-0.3, -0.25) is 9.59 Å². The molecule has 0 bridgehead atoms. The molecule has 148 valence electrons. The summed E-state index contributed by atoms with van der Waals surface area (Å²) in [5.41, 5.74) is 0.877. The van der Waals surface area contributed by atoms with Gasteiger partial charge in [-0.25, -0.2) is 14.7 Å². The van der Waals surface area contributed by atoms with Gasteiger partial charge in [0.25, 0.3) is 5.91 Å². The van der Waals surface area contributed by atoms with E-state index in [2.05, 4.69) is 10.6 Å². The van der Waals surface area contributed by atoms with Crippen LogP contribution in [0.5, 0.6) is 0 Å². The Kier molecular flexibility index (Phi) is 4.36. The van der Waals surface area contributed by atoms with Crippen molar-refractivity contribution >= 4 is 28.9 Å². The first kappa shape index (κ1) is 18.5. The summed E-state index contributed by atoms with van der Waals surface area (Å²) in [5, 5.41) is 0. The van der Waals surface area contributed by atoms with E-state index in [1.807, 2.05) is 25.2 Å². The molecule has 0 radical (unpaired) electrons. The number of imide groups is 1. The molecule has 0 saturated carbocycles. The molecule has 1 aromatic heterocycles. The molecule has 0 aliphatic carbocycles. The lowest BCUT2D eigenvalue weighted by atomic mass is 9.96. The molecule has 8 heteroatoms. The van der Waals surface area contributed by atoms with Crippen LogP contribution < -0.4 is 0 Å². The maximum Gasteiger partial charge on any atom is 0.418 e. The molecule has 3 amide bonds. The number of imidazole rings is 1. The van der Waals surface area contributed by atoms with E-state index in [1.54, 1.807) is 4.90 Å². The van der Waals surface area contributed by atoms with Crippen LogP contribution in [0.3, 0.4) is 0 Å². The third-order valence-corrected chi connectivity index (χ3v) is 5.65. The number of rotatable bonds is 3. The van der Waals surface area contributed by atoms with Crippen molar-refractivity contribution in [3.05, 3.63) is 30.1 Å². The number of carbonyl (C=O) groups is 3. The third kappa shape index (κ3) is 3.02. The summed E-state index contributed by atoms with van der Waals surface area (Å²) in [7, 11) is 2.02. The van der Waals surface area contributed by atoms with Crippen molar-refractivity contribution in [1.82, 2.24) is 19.4 Å². The monoisotopic (exact) mass is 384 g/mol. The van der Waals surface area contributed by atoms with Gasteiger partial charge in [0.1, 0.15) is 12.4 Å². The molecule has 0 unspecified atom stereocenters. The fourth-order valence-corrected chi connectivity index (χ4v) is 4.01. The Balaban J connectivity index is 1.40. The van der Waals surface area contributed by atoms with Crippen molar-refractivity contribution in [1.29, 1.82) is 0 Å². The van der Waals surface area contributed by atoms with E-state index < -0.39 is 17.6 Å². The standard InChI is InChI=1S/C20H24N4O4/c1-20(2)18(26)24(19(27)28-20)12-16(25)23-10-8-13(9-11-23)17-21-14-6-4-5-7-15(14)22(17)3/h4-7,13H,8-12H2,1-3H3. The number of benzene rings is 1. The first-order valence-electron chi connectivity index (χ1n) is 9.52. The van der Waals surface area contributed by atoms with Gasteiger partial charge >= 0.3 is 6.09 Å². The van der Waals surface area contributed by atoms with Crippen LogP contribution in [0.2, 0.25) is 0 Å². The molecule has 2 aliphatic heterocycles. The Labute approximate surface area is 163 Å². The predicted octanol–water partition coefficient (Wildman–Crippen LogP) is 2.04. The number of cyclic esters (lactones) is 1. The molecule has 4 rings (SSSR count). The molecule has 0 N–H and O–H groups in total. The molecule has 1 aromatic carbocycles. The van der Waals surface area contributed by atoms with Gasteiger partial charge in [-0.05, 0) is 38.8 Å². The quantitative estimate of drug-likeness (QED) is 0.808. The summed E-state index contributed by atoms with van der Waals surface area (Å²) in [6.07, 6.45) is 0.845. The number of piperidine rings is 1. The van der Waals surface area contributed by atoms with Gasteiger partial charge in [-0.1, -0.05) is 12.1 Å². The minimum atomic E-state index is -1.20. The molecule has 0 atom stereocenters. The fourth-order valence-electron chi connectivity index (χ4n) is 4.01. The number of ether oxygens (including phenoxy) is 1. The molecular weight excluding hydrogens is 360 g/mol. The third-order valence-electron chi connectivity index (χ3n) is 5.65. The number of likely N-dealkylation sites (tertiary alicyclic amines) is 1. The minimum Gasteiger partial charge on any atom is -0.433 e. The molecule has 2 saturated heterocycles. The average molecular weight is 384 g/mol. The van der Waals surface area contributed by atoms with Crippen molar-refractivity contribution in [2.24, 2.45) is 7.05 Å². The Bertz CT molecular complexity index is 956. The van der Waals surface area contributed by atoms with Gasteiger partial charge in [0.15, 0.2) is 5.60 Å². The largest absolute Gasteiger partial charge is 0.433 e. The molecular formula is C20H24N4O4. The van der Waals surface area contributed by atoms with Crippen LogP contribution in [0.1, 0.15) is 38.4 Å². The summed E-state index contributed by atoms with van der Waals surface area (Å²) in [5.74, 6) is 0.610. The number of fused-ring (bicyclic) bond motifs is 1. The lowest BCUT2D eigenvalue weighted by Gasteiger charge is -2.32. The van der Waals surface area contributed by atoms with Gasteiger partial charge in [-0.15, -0.1) is 0 Å². The maximum absolute atomic E-state index is 12.6. The van der Waals surface area contributed by atoms with Gasteiger partial charge in [0, 0.05) is 26.1 Å². The first-order valence-corrected chi connectivity index (χ1v) is 9.52. The fraction of sp³-hybridized carbons (Fsp3) is 0.500. The molecule has 2 fully saturated rings. The lowest BCUT2D eigenvalue weighted by Crippen LogP contribution is -2.46. The van der Waals surface area contributed by atoms with Crippen LogP contribution in [-0.4, -0.2) is 62.5 Å². The van der Waals surface area contributed by atoms with Gasteiger partial charge in [0.2, 0.25) is 5.91 Å². The zero-order valence-electron chi connectivity index (χ0n) is 16.3. The second-order valence-corrected chi connectivity index (χ2v) is 7.94. The highest BCUT2D eigenvalue weighted by Crippen LogP contribution is 2.30. The Morgan fingerprint density at radius 1 is 1.21 bits per heavy atom. The molecule has 0 spiro atoms. The number of hydrogen-bond acceptors (Lipinski definition) is 5. The van der Waals surface area contributed by atoms with E-state index in [-0.39, 0.29) is 18.4 Å². The number of hydrogen-bond donors (Lipinski definition) is 0. The second kappa shape index (κ2) is 6.61. The Morgan fingerprint density at radius 3 is 2.50 bits per heavy atom. The average Bonchev–Trinajstić information content (AvgIpc) is 3.10. The smallest absolute Gasteiger partial charge is 0.418 e. The molecule has 3 heterocycles. The summed E-state index contributed by atoms with van der Waals surface area (Å²) >= 11 is 0. The SMILES string of the molecule is Cn1c(C2CCN(C(=O)CN3C(=O)OC(C)(C)C3=O)CC2)nc2ccccc21. The van der Waals surface area contributed by atoms with Gasteiger partial charge in [-0.2, -0.15) is 0 Å². The van der Waals surface area contributed by atoms with E-state index in [0.29, 0.717) is 13.1 Å². The molecule has 2 aliphatic rings. The Morgan fingerprint density at radius 2 is 1.89 bits per heavy atom. The van der Waals surface area contributed by atoms with E-state index in [1.165, 1.54) is 13.8 Å². The zero-order valence-corrected chi connectivity index (χ0v) is 16.3. The summed E-state index contributed by atoms with van der Waals surface area (Å²) in [4.78, 5) is 44.1. The van der Waals surface area contributed by atoms with Crippen molar-refractivity contribution in [2.75, 3.05) is 19.6 Å². The number of nitrogens with zero attached hydrogens (tertiary/aromatic N) is 4. The highest BCUT2D eigenvalue weighted by atomic mass is 16.6. The molecule has 2 aromatic rings. The Hall–Kier alpha value is -2.90. The van der Waals surface area contributed by atoms with Crippen LogP contribution >= 0.6 is 0 Å². The normalized spacial score (nSPS) is 20.1. The maximum atomic E-state index is 12.6. The number of amides is 3. The zero-order chi connectivity index (χ0) is 20.1.